The molecule has 0 amide bonds. The lowest BCUT2D eigenvalue weighted by atomic mass is 10.0. The first kappa shape index (κ1) is 13.8. The van der Waals surface area contributed by atoms with Gasteiger partial charge >= 0.3 is 0 Å². The van der Waals surface area contributed by atoms with Gasteiger partial charge in [0.15, 0.2) is 0 Å². The van der Waals surface area contributed by atoms with Crippen LogP contribution in [0.5, 0.6) is 5.75 Å². The molecule has 0 saturated heterocycles. The van der Waals surface area contributed by atoms with Crippen LogP contribution in [0.4, 0.5) is 0 Å². The normalized spacial score (nSPS) is 12.2. The molecule has 1 heterocycles. The maximum atomic E-state index is 6.17. The van der Waals surface area contributed by atoms with Gasteiger partial charge in [-0.1, -0.05) is 29.8 Å². The lowest BCUT2D eigenvalue weighted by Gasteiger charge is -2.18. The van der Waals surface area contributed by atoms with E-state index in [2.05, 4.69) is 10.4 Å². The molecule has 0 saturated carbocycles. The monoisotopic (exact) mass is 277 g/mol. The van der Waals surface area contributed by atoms with Gasteiger partial charge in [0.1, 0.15) is 11.4 Å². The highest BCUT2D eigenvalue weighted by atomic mass is 35.5. The number of rotatable bonds is 5. The molecule has 4 nitrogen and oxygen atoms in total. The van der Waals surface area contributed by atoms with Crippen molar-refractivity contribution in [1.82, 2.24) is 10.4 Å². The van der Waals surface area contributed by atoms with Crippen LogP contribution in [0, 0.1) is 0 Å². The molecule has 5 heteroatoms. The fourth-order valence-electron chi connectivity index (χ4n) is 1.96. The minimum atomic E-state index is -0.156. The Balaban J connectivity index is 2.28. The first-order valence-corrected chi connectivity index (χ1v) is 6.32. The summed E-state index contributed by atoms with van der Waals surface area (Å²) in [7, 11) is 1.61. The van der Waals surface area contributed by atoms with Crippen molar-refractivity contribution >= 4 is 11.6 Å². The van der Waals surface area contributed by atoms with Crippen molar-refractivity contribution in [2.45, 2.75) is 12.5 Å². The third kappa shape index (κ3) is 3.23. The van der Waals surface area contributed by atoms with E-state index in [0.29, 0.717) is 12.2 Å². The molecular weight excluding hydrogens is 262 g/mol. The summed E-state index contributed by atoms with van der Waals surface area (Å²) in [5.41, 5.74) is 4.55. The molecule has 1 aromatic carbocycles. The SMILES string of the molecule is COc1cccnc1C(Cc1ccccc1Cl)NN. The van der Waals surface area contributed by atoms with Gasteiger partial charge in [-0.3, -0.25) is 16.3 Å². The third-order valence-corrected chi connectivity index (χ3v) is 3.30. The number of methoxy groups -OCH3 is 1. The van der Waals surface area contributed by atoms with E-state index in [9.17, 15) is 0 Å². The van der Waals surface area contributed by atoms with Crippen LogP contribution < -0.4 is 16.0 Å². The van der Waals surface area contributed by atoms with Crippen molar-refractivity contribution in [2.75, 3.05) is 7.11 Å². The summed E-state index contributed by atoms with van der Waals surface area (Å²) < 4.78 is 5.31. The van der Waals surface area contributed by atoms with E-state index >= 15 is 0 Å². The lowest BCUT2D eigenvalue weighted by molar-refractivity contribution is 0.394. The number of hydrazine groups is 1. The molecule has 0 aliphatic heterocycles. The molecule has 2 rings (SSSR count). The summed E-state index contributed by atoms with van der Waals surface area (Å²) in [6.45, 7) is 0. The van der Waals surface area contributed by atoms with Crippen LogP contribution >= 0.6 is 11.6 Å². The standard InChI is InChI=1S/C14H16ClN3O/c1-19-13-7-4-8-17-14(13)12(18-16)9-10-5-2-3-6-11(10)15/h2-8,12,18H,9,16H2,1H3. The largest absolute Gasteiger partial charge is 0.495 e. The zero-order chi connectivity index (χ0) is 13.7. The minimum Gasteiger partial charge on any atom is -0.495 e. The van der Waals surface area contributed by atoms with Crippen molar-refractivity contribution in [3.63, 3.8) is 0 Å². The summed E-state index contributed by atoms with van der Waals surface area (Å²) in [4.78, 5) is 4.34. The maximum absolute atomic E-state index is 6.17. The number of hydrogen-bond donors (Lipinski definition) is 2. The quantitative estimate of drug-likeness (QED) is 0.651. The van der Waals surface area contributed by atoms with Crippen LogP contribution in [-0.2, 0) is 6.42 Å². The molecule has 100 valence electrons. The maximum Gasteiger partial charge on any atom is 0.142 e. The van der Waals surface area contributed by atoms with Gasteiger partial charge in [0.25, 0.3) is 0 Å². The summed E-state index contributed by atoms with van der Waals surface area (Å²) >= 11 is 6.17. The van der Waals surface area contributed by atoms with E-state index in [0.717, 1.165) is 16.3 Å². The Hall–Kier alpha value is -1.62. The molecule has 0 aliphatic carbocycles. The summed E-state index contributed by atoms with van der Waals surface area (Å²) in [6.07, 6.45) is 2.36. The van der Waals surface area contributed by atoms with E-state index in [4.69, 9.17) is 22.2 Å². The van der Waals surface area contributed by atoms with Crippen LogP contribution in [0.1, 0.15) is 17.3 Å². The Morgan fingerprint density at radius 2 is 2.11 bits per heavy atom. The number of halogens is 1. The first-order chi connectivity index (χ1) is 9.26. The molecule has 0 radical (unpaired) electrons. The van der Waals surface area contributed by atoms with E-state index in [1.54, 1.807) is 13.3 Å². The number of nitrogens with zero attached hydrogens (tertiary/aromatic N) is 1. The van der Waals surface area contributed by atoms with Crippen LogP contribution in [-0.4, -0.2) is 12.1 Å². The van der Waals surface area contributed by atoms with Crippen molar-refractivity contribution in [3.8, 4) is 5.75 Å². The van der Waals surface area contributed by atoms with E-state index in [-0.39, 0.29) is 6.04 Å². The number of nitrogens with one attached hydrogen (secondary N) is 1. The zero-order valence-corrected chi connectivity index (χ0v) is 11.4. The molecule has 2 aromatic rings. The Morgan fingerprint density at radius 1 is 1.32 bits per heavy atom. The van der Waals surface area contributed by atoms with Gasteiger partial charge in [0, 0.05) is 11.2 Å². The second-order valence-corrected chi connectivity index (χ2v) is 4.51. The molecule has 1 atom stereocenters. The second-order valence-electron chi connectivity index (χ2n) is 4.11. The molecule has 0 fully saturated rings. The molecule has 19 heavy (non-hydrogen) atoms. The fourth-order valence-corrected chi connectivity index (χ4v) is 2.17. The van der Waals surface area contributed by atoms with Gasteiger partial charge in [-0.2, -0.15) is 0 Å². The lowest BCUT2D eigenvalue weighted by Crippen LogP contribution is -2.30. The van der Waals surface area contributed by atoms with Gasteiger partial charge < -0.3 is 4.74 Å². The zero-order valence-electron chi connectivity index (χ0n) is 10.6. The van der Waals surface area contributed by atoms with Gasteiger partial charge in [0.05, 0.1) is 13.2 Å². The highest BCUT2D eigenvalue weighted by Crippen LogP contribution is 2.27. The van der Waals surface area contributed by atoms with Crippen molar-refractivity contribution in [3.05, 3.63) is 58.9 Å². The average molecular weight is 278 g/mol. The molecule has 1 unspecified atom stereocenters. The number of ether oxygens (including phenoxy) is 1. The van der Waals surface area contributed by atoms with Gasteiger partial charge in [-0.05, 0) is 30.2 Å². The van der Waals surface area contributed by atoms with Crippen LogP contribution in [0.2, 0.25) is 5.02 Å². The molecule has 0 bridgehead atoms. The highest BCUT2D eigenvalue weighted by Gasteiger charge is 2.17. The molecule has 0 spiro atoms. The van der Waals surface area contributed by atoms with E-state index in [1.807, 2.05) is 36.4 Å². The highest BCUT2D eigenvalue weighted by molar-refractivity contribution is 6.31. The van der Waals surface area contributed by atoms with Crippen LogP contribution in [0.15, 0.2) is 42.6 Å². The van der Waals surface area contributed by atoms with Crippen molar-refractivity contribution in [1.29, 1.82) is 0 Å². The summed E-state index contributed by atoms with van der Waals surface area (Å²) in [5, 5.41) is 0.720. The summed E-state index contributed by atoms with van der Waals surface area (Å²) in [6, 6.07) is 11.2. The van der Waals surface area contributed by atoms with E-state index in [1.165, 1.54) is 0 Å². The van der Waals surface area contributed by atoms with Gasteiger partial charge in [-0.25, -0.2) is 0 Å². The molecule has 3 N–H and O–H groups in total. The number of benzene rings is 1. The third-order valence-electron chi connectivity index (χ3n) is 2.93. The predicted octanol–water partition coefficient (Wildman–Crippen LogP) is 2.49. The van der Waals surface area contributed by atoms with Gasteiger partial charge in [-0.15, -0.1) is 0 Å². The Kier molecular flexibility index (Phi) is 4.74. The second kappa shape index (κ2) is 6.52. The first-order valence-electron chi connectivity index (χ1n) is 5.94. The van der Waals surface area contributed by atoms with E-state index < -0.39 is 0 Å². The number of pyridine rings is 1. The molecular formula is C14H16ClN3O. The molecule has 0 aliphatic rings. The number of aromatic nitrogens is 1. The molecule has 1 aromatic heterocycles. The minimum absolute atomic E-state index is 0.156. The van der Waals surface area contributed by atoms with Crippen molar-refractivity contribution < 1.29 is 4.74 Å². The van der Waals surface area contributed by atoms with Crippen LogP contribution in [0.25, 0.3) is 0 Å². The van der Waals surface area contributed by atoms with Crippen molar-refractivity contribution in [2.24, 2.45) is 5.84 Å². The smallest absolute Gasteiger partial charge is 0.142 e. The van der Waals surface area contributed by atoms with Crippen LogP contribution in [0.3, 0.4) is 0 Å². The summed E-state index contributed by atoms with van der Waals surface area (Å²) in [5.74, 6) is 6.34. The average Bonchev–Trinajstić information content (AvgIpc) is 2.46. The number of nitrogens with two attached hydrogens (primary N) is 1. The topological polar surface area (TPSA) is 60.2 Å². The van der Waals surface area contributed by atoms with Gasteiger partial charge in [0.2, 0.25) is 0 Å². The fraction of sp³-hybridized carbons (Fsp3) is 0.214. The predicted molar refractivity (Wildman–Crippen MR) is 76.0 cm³/mol. The Labute approximate surface area is 117 Å². The Bertz CT molecular complexity index is 548. The number of hydrogen-bond acceptors (Lipinski definition) is 4. The Morgan fingerprint density at radius 3 is 2.79 bits per heavy atom.